The van der Waals surface area contributed by atoms with E-state index in [0.29, 0.717) is 5.92 Å². The quantitative estimate of drug-likeness (QED) is 0.613. The molecule has 0 radical (unpaired) electrons. The van der Waals surface area contributed by atoms with E-state index in [1.807, 2.05) is 46.8 Å². The van der Waals surface area contributed by atoms with Gasteiger partial charge in [-0.05, 0) is 19.1 Å². The van der Waals surface area contributed by atoms with Crippen molar-refractivity contribution in [3.8, 4) is 0 Å². The van der Waals surface area contributed by atoms with Gasteiger partial charge in [0.05, 0.1) is 0 Å². The lowest BCUT2D eigenvalue weighted by Crippen LogP contribution is -1.79. The molecular formula is C12H24O. The third kappa shape index (κ3) is 6.44. The Hall–Kier alpha value is -0.720. The molecule has 0 bridgehead atoms. The Kier molecular flexibility index (Phi) is 10.7. The zero-order chi connectivity index (χ0) is 10.9. The molecule has 0 N–H and O–H groups in total. The lowest BCUT2D eigenvalue weighted by atomic mass is 10.2. The molecule has 0 saturated heterocycles. The SMILES string of the molecule is CC.CC.Cc1ccc(C(C)C)o1. The van der Waals surface area contributed by atoms with Gasteiger partial charge in [0.2, 0.25) is 0 Å². The van der Waals surface area contributed by atoms with E-state index in [9.17, 15) is 0 Å². The van der Waals surface area contributed by atoms with Crippen LogP contribution in [0.5, 0.6) is 0 Å². The van der Waals surface area contributed by atoms with Gasteiger partial charge in [0, 0.05) is 5.92 Å². The third-order valence-electron chi connectivity index (χ3n) is 1.33. The molecule has 1 nitrogen and oxygen atoms in total. The van der Waals surface area contributed by atoms with Gasteiger partial charge in [-0.2, -0.15) is 0 Å². The molecular weight excluding hydrogens is 160 g/mol. The normalized spacial score (nSPS) is 8.31. The summed E-state index contributed by atoms with van der Waals surface area (Å²) in [6.45, 7) is 14.2. The van der Waals surface area contributed by atoms with E-state index >= 15 is 0 Å². The second-order valence-electron chi connectivity index (χ2n) is 2.60. The molecule has 1 aromatic heterocycles. The molecule has 78 valence electrons. The Morgan fingerprint density at radius 1 is 1.00 bits per heavy atom. The summed E-state index contributed by atoms with van der Waals surface area (Å²) in [5, 5.41) is 0. The van der Waals surface area contributed by atoms with Crippen molar-refractivity contribution < 1.29 is 4.42 Å². The fourth-order valence-corrected chi connectivity index (χ4v) is 0.764. The largest absolute Gasteiger partial charge is 0.466 e. The van der Waals surface area contributed by atoms with Gasteiger partial charge < -0.3 is 4.42 Å². The molecule has 0 aliphatic carbocycles. The highest BCUT2D eigenvalue weighted by atomic mass is 16.3. The van der Waals surface area contributed by atoms with Crippen LogP contribution in [0.25, 0.3) is 0 Å². The highest BCUT2D eigenvalue weighted by Crippen LogP contribution is 2.16. The molecule has 0 atom stereocenters. The van der Waals surface area contributed by atoms with Gasteiger partial charge in [-0.15, -0.1) is 0 Å². The molecule has 0 aliphatic rings. The van der Waals surface area contributed by atoms with E-state index in [1.165, 1.54) is 0 Å². The first-order valence-electron chi connectivity index (χ1n) is 5.26. The number of hydrogen-bond donors (Lipinski definition) is 0. The number of furan rings is 1. The van der Waals surface area contributed by atoms with Crippen molar-refractivity contribution in [2.75, 3.05) is 0 Å². The van der Waals surface area contributed by atoms with E-state index in [2.05, 4.69) is 13.8 Å². The zero-order valence-corrected chi connectivity index (χ0v) is 10.1. The Labute approximate surface area is 83.2 Å². The maximum Gasteiger partial charge on any atom is 0.106 e. The van der Waals surface area contributed by atoms with Gasteiger partial charge in [-0.3, -0.25) is 0 Å². The molecule has 13 heavy (non-hydrogen) atoms. The Morgan fingerprint density at radius 2 is 1.46 bits per heavy atom. The van der Waals surface area contributed by atoms with Crippen LogP contribution in [0.4, 0.5) is 0 Å². The van der Waals surface area contributed by atoms with Crippen LogP contribution in [-0.2, 0) is 0 Å². The van der Waals surface area contributed by atoms with Gasteiger partial charge in [0.1, 0.15) is 11.5 Å². The molecule has 0 spiro atoms. The van der Waals surface area contributed by atoms with Crippen molar-refractivity contribution >= 4 is 0 Å². The lowest BCUT2D eigenvalue weighted by Gasteiger charge is -1.96. The van der Waals surface area contributed by atoms with Crippen LogP contribution in [0.3, 0.4) is 0 Å². The van der Waals surface area contributed by atoms with Crippen molar-refractivity contribution in [1.29, 1.82) is 0 Å². The first-order chi connectivity index (χ1) is 6.20. The average molecular weight is 184 g/mol. The smallest absolute Gasteiger partial charge is 0.106 e. The molecule has 0 saturated carbocycles. The lowest BCUT2D eigenvalue weighted by molar-refractivity contribution is 0.463. The minimum absolute atomic E-state index is 0.513. The van der Waals surface area contributed by atoms with Crippen LogP contribution in [-0.4, -0.2) is 0 Å². The van der Waals surface area contributed by atoms with Gasteiger partial charge in [-0.1, -0.05) is 41.5 Å². The van der Waals surface area contributed by atoms with E-state index in [0.717, 1.165) is 11.5 Å². The van der Waals surface area contributed by atoms with Crippen molar-refractivity contribution in [2.45, 2.75) is 54.4 Å². The highest BCUT2D eigenvalue weighted by Gasteiger charge is 2.01. The zero-order valence-electron chi connectivity index (χ0n) is 10.1. The number of rotatable bonds is 1. The van der Waals surface area contributed by atoms with Crippen LogP contribution < -0.4 is 0 Å². The van der Waals surface area contributed by atoms with Crippen molar-refractivity contribution in [3.63, 3.8) is 0 Å². The minimum Gasteiger partial charge on any atom is -0.466 e. The van der Waals surface area contributed by atoms with E-state index in [-0.39, 0.29) is 0 Å². The minimum atomic E-state index is 0.513. The fraction of sp³-hybridized carbons (Fsp3) is 0.667. The van der Waals surface area contributed by atoms with Crippen LogP contribution in [0.1, 0.15) is 59.0 Å². The van der Waals surface area contributed by atoms with Crippen LogP contribution in [0, 0.1) is 6.92 Å². The molecule has 1 heteroatoms. The molecule has 0 aromatic carbocycles. The van der Waals surface area contributed by atoms with Crippen molar-refractivity contribution in [2.24, 2.45) is 0 Å². The monoisotopic (exact) mass is 184 g/mol. The summed E-state index contributed by atoms with van der Waals surface area (Å²) in [6.07, 6.45) is 0. The van der Waals surface area contributed by atoms with E-state index < -0.39 is 0 Å². The topological polar surface area (TPSA) is 13.1 Å². The second-order valence-corrected chi connectivity index (χ2v) is 2.60. The Bertz CT molecular complexity index is 187. The van der Waals surface area contributed by atoms with Gasteiger partial charge in [0.25, 0.3) is 0 Å². The Morgan fingerprint density at radius 3 is 1.62 bits per heavy atom. The summed E-state index contributed by atoms with van der Waals surface area (Å²) in [5.74, 6) is 2.59. The van der Waals surface area contributed by atoms with Crippen LogP contribution >= 0.6 is 0 Å². The van der Waals surface area contributed by atoms with Crippen molar-refractivity contribution in [1.82, 2.24) is 0 Å². The predicted octanol–water partition coefficient (Wildman–Crippen LogP) is 4.76. The molecule has 0 aliphatic heterocycles. The van der Waals surface area contributed by atoms with E-state index in [1.54, 1.807) is 0 Å². The highest BCUT2D eigenvalue weighted by molar-refractivity contribution is 5.08. The number of aryl methyl sites for hydroxylation is 1. The molecule has 1 aromatic rings. The van der Waals surface area contributed by atoms with E-state index in [4.69, 9.17) is 4.42 Å². The number of hydrogen-bond acceptors (Lipinski definition) is 1. The van der Waals surface area contributed by atoms with Crippen molar-refractivity contribution in [3.05, 3.63) is 23.7 Å². The fourth-order valence-electron chi connectivity index (χ4n) is 0.764. The molecule has 0 fully saturated rings. The Balaban J connectivity index is 0. The maximum absolute atomic E-state index is 5.34. The third-order valence-corrected chi connectivity index (χ3v) is 1.33. The first kappa shape index (κ1) is 14.8. The summed E-state index contributed by atoms with van der Waals surface area (Å²) in [7, 11) is 0. The van der Waals surface area contributed by atoms with Crippen LogP contribution in [0.2, 0.25) is 0 Å². The summed E-state index contributed by atoms with van der Waals surface area (Å²) in [6, 6.07) is 4.02. The second kappa shape index (κ2) is 9.37. The molecule has 1 rings (SSSR count). The van der Waals surface area contributed by atoms with Gasteiger partial charge in [0.15, 0.2) is 0 Å². The molecule has 0 unspecified atom stereocenters. The summed E-state index contributed by atoms with van der Waals surface area (Å²) < 4.78 is 5.34. The predicted molar refractivity (Wildman–Crippen MR) is 60.2 cm³/mol. The standard InChI is InChI=1S/C8H12O.2C2H6/c1-6(2)8-5-4-7(3)9-8;2*1-2/h4-6H,1-3H3;2*1-2H3. The molecule has 0 amide bonds. The molecule has 1 heterocycles. The maximum atomic E-state index is 5.34. The average Bonchev–Trinajstić information content (AvgIpc) is 2.59. The van der Waals surface area contributed by atoms with Gasteiger partial charge in [-0.25, -0.2) is 0 Å². The summed E-state index contributed by atoms with van der Waals surface area (Å²) >= 11 is 0. The van der Waals surface area contributed by atoms with Crippen LogP contribution in [0.15, 0.2) is 16.5 Å². The first-order valence-corrected chi connectivity index (χ1v) is 5.26. The van der Waals surface area contributed by atoms with Gasteiger partial charge >= 0.3 is 0 Å². The summed E-state index contributed by atoms with van der Waals surface area (Å²) in [5.41, 5.74) is 0. The summed E-state index contributed by atoms with van der Waals surface area (Å²) in [4.78, 5) is 0.